The molecule has 0 saturated carbocycles. The fourth-order valence-electron chi connectivity index (χ4n) is 2.99. The van der Waals surface area contributed by atoms with Crippen LogP contribution in [0.3, 0.4) is 0 Å². The van der Waals surface area contributed by atoms with Gasteiger partial charge in [-0.05, 0) is 36.3 Å². The summed E-state index contributed by atoms with van der Waals surface area (Å²) in [5.41, 5.74) is 0.231. The third-order valence-corrected chi connectivity index (χ3v) is 4.33. The van der Waals surface area contributed by atoms with E-state index in [0.717, 1.165) is 17.7 Å². The Balaban J connectivity index is 1.95. The molecule has 1 fully saturated rings. The Kier molecular flexibility index (Phi) is 4.18. The summed E-state index contributed by atoms with van der Waals surface area (Å²) in [4.78, 5) is 1.68. The molecule has 1 saturated heterocycles. The zero-order chi connectivity index (χ0) is 16.6. The van der Waals surface area contributed by atoms with Gasteiger partial charge in [0.05, 0.1) is 5.54 Å². The number of benzene rings is 1. The van der Waals surface area contributed by atoms with E-state index >= 15 is 0 Å². The average molecular weight is 325 g/mol. The molecule has 3 N–H and O–H groups in total. The van der Waals surface area contributed by atoms with Gasteiger partial charge in [-0.15, -0.1) is 0 Å². The Morgan fingerprint density at radius 3 is 2.61 bits per heavy atom. The average Bonchev–Trinajstić information content (AvgIpc) is 2.99. The lowest BCUT2D eigenvalue weighted by Crippen LogP contribution is -2.51. The first kappa shape index (κ1) is 16.0. The normalized spacial score (nSPS) is 27.4. The minimum Gasteiger partial charge on any atom is -0.370 e. The lowest BCUT2D eigenvalue weighted by Gasteiger charge is -2.38. The summed E-state index contributed by atoms with van der Waals surface area (Å²) in [7, 11) is 0. The van der Waals surface area contributed by atoms with Gasteiger partial charge in [0.2, 0.25) is 0 Å². The van der Waals surface area contributed by atoms with Crippen LogP contribution in [0, 0.1) is 17.5 Å². The van der Waals surface area contributed by atoms with E-state index in [1.807, 2.05) is 0 Å². The Hall–Kier alpha value is -1.83. The van der Waals surface area contributed by atoms with Crippen molar-refractivity contribution in [1.29, 1.82) is 0 Å². The van der Waals surface area contributed by atoms with Gasteiger partial charge >= 0.3 is 0 Å². The van der Waals surface area contributed by atoms with Crippen LogP contribution in [0.5, 0.6) is 0 Å². The summed E-state index contributed by atoms with van der Waals surface area (Å²) in [5.74, 6) is -3.93. The summed E-state index contributed by atoms with van der Waals surface area (Å²) >= 11 is 0. The van der Waals surface area contributed by atoms with E-state index in [1.54, 1.807) is 30.2 Å². The molecule has 2 heterocycles. The molecule has 124 valence electrons. The Bertz CT molecular complexity index is 646. The third kappa shape index (κ3) is 2.87. The fraction of sp³-hybridized carbons (Fsp3) is 0.375. The molecule has 7 heteroatoms. The molecule has 0 aliphatic carbocycles. The minimum absolute atomic E-state index is 0.271. The molecule has 0 aromatic heterocycles. The van der Waals surface area contributed by atoms with Gasteiger partial charge in [-0.25, -0.2) is 13.2 Å². The number of rotatable bonds is 3. The zero-order valence-corrected chi connectivity index (χ0v) is 12.6. The van der Waals surface area contributed by atoms with E-state index in [4.69, 9.17) is 0 Å². The van der Waals surface area contributed by atoms with E-state index in [9.17, 15) is 18.3 Å². The van der Waals surface area contributed by atoms with Crippen LogP contribution in [0.4, 0.5) is 13.2 Å². The first-order valence-corrected chi connectivity index (χ1v) is 7.32. The maximum Gasteiger partial charge on any atom is 0.194 e. The van der Waals surface area contributed by atoms with Crippen LogP contribution >= 0.6 is 0 Å². The predicted octanol–water partition coefficient (Wildman–Crippen LogP) is 1.54. The van der Waals surface area contributed by atoms with Crippen LogP contribution < -0.4 is 10.6 Å². The van der Waals surface area contributed by atoms with Crippen molar-refractivity contribution in [1.82, 2.24) is 15.5 Å². The molecule has 1 aromatic rings. The lowest BCUT2D eigenvalue weighted by molar-refractivity contribution is 0.0487. The highest BCUT2D eigenvalue weighted by Crippen LogP contribution is 2.29. The molecule has 0 amide bonds. The van der Waals surface area contributed by atoms with Gasteiger partial charge in [0, 0.05) is 26.0 Å². The Morgan fingerprint density at radius 1 is 1.30 bits per heavy atom. The number of halogens is 3. The molecule has 0 radical (unpaired) electrons. The first-order chi connectivity index (χ1) is 10.9. The fourth-order valence-corrected chi connectivity index (χ4v) is 2.99. The van der Waals surface area contributed by atoms with Gasteiger partial charge < -0.3 is 15.3 Å². The number of nitrogens with one attached hydrogen (secondary N) is 2. The highest BCUT2D eigenvalue weighted by atomic mass is 19.2. The van der Waals surface area contributed by atoms with Crippen molar-refractivity contribution < 1.29 is 18.3 Å². The molecule has 4 nitrogen and oxygen atoms in total. The number of aliphatic hydroxyl groups excluding tert-OH is 1. The van der Waals surface area contributed by atoms with Gasteiger partial charge in [-0.3, -0.25) is 5.32 Å². The molecule has 2 aliphatic heterocycles. The number of aliphatic hydroxyl groups is 1. The largest absolute Gasteiger partial charge is 0.370 e. The summed E-state index contributed by atoms with van der Waals surface area (Å²) < 4.78 is 40.5. The van der Waals surface area contributed by atoms with Crippen LogP contribution in [0.25, 0.3) is 0 Å². The van der Waals surface area contributed by atoms with Crippen LogP contribution in [-0.4, -0.2) is 36.0 Å². The molecule has 1 aromatic carbocycles. The van der Waals surface area contributed by atoms with Crippen molar-refractivity contribution in [2.45, 2.75) is 18.7 Å². The van der Waals surface area contributed by atoms with Crippen molar-refractivity contribution >= 4 is 0 Å². The highest BCUT2D eigenvalue weighted by Gasteiger charge is 2.39. The monoisotopic (exact) mass is 325 g/mol. The molecular formula is C16H18F3N3O. The SMILES string of the molecule is CC1=CC=CN(CC2(c3cc(F)c(F)c(F)c3)CNCN2)C1O. The maximum atomic E-state index is 13.6. The third-order valence-electron chi connectivity index (χ3n) is 4.33. The quantitative estimate of drug-likeness (QED) is 0.738. The number of allylic oxidation sites excluding steroid dienone is 2. The van der Waals surface area contributed by atoms with Crippen molar-refractivity contribution in [3.63, 3.8) is 0 Å². The smallest absolute Gasteiger partial charge is 0.194 e. The Labute approximate surface area is 132 Å². The second-order valence-corrected chi connectivity index (χ2v) is 5.91. The van der Waals surface area contributed by atoms with E-state index < -0.39 is 29.2 Å². The summed E-state index contributed by atoms with van der Waals surface area (Å²) in [6.45, 7) is 2.92. The number of hydrogen-bond acceptors (Lipinski definition) is 4. The van der Waals surface area contributed by atoms with Gasteiger partial charge in [-0.2, -0.15) is 0 Å². The molecule has 3 rings (SSSR count). The molecular weight excluding hydrogens is 307 g/mol. The summed E-state index contributed by atoms with van der Waals surface area (Å²) in [6, 6.07) is 2.00. The van der Waals surface area contributed by atoms with Gasteiger partial charge in [0.15, 0.2) is 17.5 Å². The zero-order valence-electron chi connectivity index (χ0n) is 12.6. The molecule has 0 bridgehead atoms. The predicted molar refractivity (Wildman–Crippen MR) is 79.6 cm³/mol. The standard InChI is InChI=1S/C16H18F3N3O/c1-10-3-2-4-22(15(10)23)8-16(7-20-9-21-16)11-5-12(17)14(19)13(18)6-11/h2-6,15,20-21,23H,7-9H2,1H3. The van der Waals surface area contributed by atoms with Crippen LogP contribution in [0.15, 0.2) is 36.1 Å². The highest BCUT2D eigenvalue weighted by molar-refractivity contribution is 5.30. The van der Waals surface area contributed by atoms with E-state index in [1.165, 1.54) is 0 Å². The van der Waals surface area contributed by atoms with E-state index in [2.05, 4.69) is 10.6 Å². The van der Waals surface area contributed by atoms with Gasteiger partial charge in [0.25, 0.3) is 0 Å². The summed E-state index contributed by atoms with van der Waals surface area (Å²) in [6.07, 6.45) is 4.50. The lowest BCUT2D eigenvalue weighted by atomic mass is 9.89. The van der Waals surface area contributed by atoms with Crippen molar-refractivity contribution in [3.05, 3.63) is 59.1 Å². The second-order valence-electron chi connectivity index (χ2n) is 5.91. The molecule has 0 spiro atoms. The molecule has 2 aliphatic rings. The Morgan fingerprint density at radius 2 is 2.00 bits per heavy atom. The van der Waals surface area contributed by atoms with Crippen LogP contribution in [-0.2, 0) is 5.54 Å². The topological polar surface area (TPSA) is 47.5 Å². The minimum atomic E-state index is -1.48. The van der Waals surface area contributed by atoms with Crippen molar-refractivity contribution in [2.75, 3.05) is 19.8 Å². The summed E-state index contributed by atoms with van der Waals surface area (Å²) in [5, 5.41) is 16.5. The van der Waals surface area contributed by atoms with Crippen molar-refractivity contribution in [2.24, 2.45) is 0 Å². The first-order valence-electron chi connectivity index (χ1n) is 7.32. The maximum absolute atomic E-state index is 13.6. The second kappa shape index (κ2) is 5.99. The van der Waals surface area contributed by atoms with Gasteiger partial charge in [0.1, 0.15) is 6.23 Å². The molecule has 23 heavy (non-hydrogen) atoms. The van der Waals surface area contributed by atoms with Crippen LogP contribution in [0.2, 0.25) is 0 Å². The van der Waals surface area contributed by atoms with Gasteiger partial charge in [-0.1, -0.05) is 6.08 Å². The number of nitrogens with zero attached hydrogens (tertiary/aromatic N) is 1. The van der Waals surface area contributed by atoms with E-state index in [0.29, 0.717) is 18.8 Å². The number of hydrogen-bond donors (Lipinski definition) is 3. The van der Waals surface area contributed by atoms with E-state index in [-0.39, 0.29) is 6.54 Å². The van der Waals surface area contributed by atoms with Crippen LogP contribution in [0.1, 0.15) is 12.5 Å². The molecule has 2 unspecified atom stereocenters. The molecule has 2 atom stereocenters. The van der Waals surface area contributed by atoms with Crippen molar-refractivity contribution in [3.8, 4) is 0 Å².